The van der Waals surface area contributed by atoms with Crippen molar-refractivity contribution in [2.45, 2.75) is 57.5 Å². The fourth-order valence-corrected chi connectivity index (χ4v) is 4.07. The predicted molar refractivity (Wildman–Crippen MR) is 130 cm³/mol. The molecule has 178 valence electrons. The van der Waals surface area contributed by atoms with Gasteiger partial charge in [-0.15, -0.1) is 0 Å². The highest BCUT2D eigenvalue weighted by Crippen LogP contribution is 2.32. The van der Waals surface area contributed by atoms with E-state index in [1.165, 1.54) is 5.56 Å². The third kappa shape index (κ3) is 6.39. The Morgan fingerprint density at radius 3 is 2.58 bits per heavy atom. The summed E-state index contributed by atoms with van der Waals surface area (Å²) >= 11 is 0. The van der Waals surface area contributed by atoms with Crippen LogP contribution in [0, 0.1) is 0 Å². The molecule has 2 N–H and O–H groups in total. The lowest BCUT2D eigenvalue weighted by Gasteiger charge is -2.33. The van der Waals surface area contributed by atoms with Crippen LogP contribution in [-0.2, 0) is 19.7 Å². The largest absolute Gasteiger partial charge is 0.385 e. The molecule has 1 aliphatic heterocycles. The standard InChI is InChI=1S/C26H36N4O3/c1-26(2,3)20-10-12-21(13-11-20)30(25(32)22-9-6-15-28-22)23(19-8-5-14-27-18-19)24(31)29-16-7-17-33-4/h5,8,10-14,18,22-23,28H,6-7,9,15-17H2,1-4H3,(H,29,31). The minimum absolute atomic E-state index is 0.0121. The van der Waals surface area contributed by atoms with Crippen LogP contribution in [0.15, 0.2) is 48.8 Å². The number of anilines is 1. The summed E-state index contributed by atoms with van der Waals surface area (Å²) in [7, 11) is 1.64. The van der Waals surface area contributed by atoms with Crippen molar-refractivity contribution in [2.24, 2.45) is 0 Å². The number of hydrogen-bond donors (Lipinski definition) is 2. The Morgan fingerprint density at radius 1 is 1.24 bits per heavy atom. The van der Waals surface area contributed by atoms with Crippen molar-refractivity contribution >= 4 is 17.5 Å². The van der Waals surface area contributed by atoms with Gasteiger partial charge in [0, 0.05) is 43.9 Å². The van der Waals surface area contributed by atoms with Crippen molar-refractivity contribution in [3.05, 3.63) is 59.9 Å². The number of ether oxygens (including phenoxy) is 1. The van der Waals surface area contributed by atoms with Crippen molar-refractivity contribution in [2.75, 3.05) is 31.7 Å². The van der Waals surface area contributed by atoms with E-state index < -0.39 is 6.04 Å². The molecule has 0 bridgehead atoms. The van der Waals surface area contributed by atoms with Crippen molar-refractivity contribution in [3.8, 4) is 0 Å². The summed E-state index contributed by atoms with van der Waals surface area (Å²) in [5, 5.41) is 6.28. The Kier molecular flexibility index (Phi) is 8.58. The van der Waals surface area contributed by atoms with Crippen LogP contribution < -0.4 is 15.5 Å². The van der Waals surface area contributed by atoms with Gasteiger partial charge >= 0.3 is 0 Å². The van der Waals surface area contributed by atoms with Gasteiger partial charge in [0.2, 0.25) is 11.8 Å². The number of pyridine rings is 1. The van der Waals surface area contributed by atoms with E-state index in [0.717, 1.165) is 19.4 Å². The second-order valence-corrected chi connectivity index (χ2v) is 9.48. The van der Waals surface area contributed by atoms with Crippen LogP contribution in [0.4, 0.5) is 5.69 Å². The number of benzene rings is 1. The summed E-state index contributed by atoms with van der Waals surface area (Å²) in [5.74, 6) is -0.331. The summed E-state index contributed by atoms with van der Waals surface area (Å²) < 4.78 is 5.10. The first-order chi connectivity index (χ1) is 15.8. The zero-order valence-corrected chi connectivity index (χ0v) is 20.1. The fourth-order valence-electron chi connectivity index (χ4n) is 4.07. The number of aromatic nitrogens is 1. The monoisotopic (exact) mass is 452 g/mol. The summed E-state index contributed by atoms with van der Waals surface area (Å²) in [4.78, 5) is 33.1. The minimum atomic E-state index is -0.823. The lowest BCUT2D eigenvalue weighted by Crippen LogP contribution is -2.50. The van der Waals surface area contributed by atoms with Gasteiger partial charge in [-0.1, -0.05) is 39.0 Å². The van der Waals surface area contributed by atoms with E-state index in [0.29, 0.717) is 30.8 Å². The van der Waals surface area contributed by atoms with Crippen molar-refractivity contribution in [1.82, 2.24) is 15.6 Å². The van der Waals surface area contributed by atoms with Crippen molar-refractivity contribution in [3.63, 3.8) is 0 Å². The van der Waals surface area contributed by atoms with E-state index in [2.05, 4.69) is 36.4 Å². The molecule has 0 spiro atoms. The fraction of sp³-hybridized carbons (Fsp3) is 0.500. The molecule has 0 aliphatic carbocycles. The van der Waals surface area contributed by atoms with Crippen LogP contribution in [-0.4, -0.2) is 49.6 Å². The van der Waals surface area contributed by atoms with Gasteiger partial charge in [0.05, 0.1) is 6.04 Å². The molecule has 7 nitrogen and oxygen atoms in total. The van der Waals surface area contributed by atoms with E-state index >= 15 is 0 Å². The second kappa shape index (κ2) is 11.4. The van der Waals surface area contributed by atoms with Gasteiger partial charge in [-0.3, -0.25) is 19.5 Å². The third-order valence-corrected chi connectivity index (χ3v) is 5.94. The molecule has 2 atom stereocenters. The topological polar surface area (TPSA) is 83.6 Å². The molecule has 1 saturated heterocycles. The van der Waals surface area contributed by atoms with Crippen LogP contribution in [0.5, 0.6) is 0 Å². The Labute approximate surface area is 196 Å². The smallest absolute Gasteiger partial charge is 0.247 e. The van der Waals surface area contributed by atoms with Crippen LogP contribution in [0.25, 0.3) is 0 Å². The van der Waals surface area contributed by atoms with E-state index in [4.69, 9.17) is 4.74 Å². The van der Waals surface area contributed by atoms with E-state index in [-0.39, 0.29) is 23.3 Å². The van der Waals surface area contributed by atoms with Crippen LogP contribution in [0.2, 0.25) is 0 Å². The van der Waals surface area contributed by atoms with Crippen LogP contribution in [0.1, 0.15) is 57.2 Å². The van der Waals surface area contributed by atoms with Gasteiger partial charge in [0.1, 0.15) is 6.04 Å². The molecule has 0 saturated carbocycles. The van der Waals surface area contributed by atoms with Crippen LogP contribution >= 0.6 is 0 Å². The Morgan fingerprint density at radius 2 is 2.00 bits per heavy atom. The molecular weight excluding hydrogens is 416 g/mol. The maximum absolute atomic E-state index is 13.8. The lowest BCUT2D eigenvalue weighted by molar-refractivity contribution is -0.127. The quantitative estimate of drug-likeness (QED) is 0.570. The molecule has 2 amide bonds. The molecule has 7 heteroatoms. The molecule has 1 aromatic heterocycles. The highest BCUT2D eigenvalue weighted by atomic mass is 16.5. The first-order valence-corrected chi connectivity index (χ1v) is 11.7. The van der Waals surface area contributed by atoms with Gasteiger partial charge < -0.3 is 15.4 Å². The van der Waals surface area contributed by atoms with Gasteiger partial charge in [0.15, 0.2) is 0 Å². The Bertz CT molecular complexity index is 903. The molecule has 3 rings (SSSR count). The number of nitrogens with one attached hydrogen (secondary N) is 2. The molecule has 2 aromatic rings. The highest BCUT2D eigenvalue weighted by Gasteiger charge is 2.37. The number of carbonyl (C=O) groups is 2. The first kappa shape index (κ1) is 24.9. The number of nitrogens with zero attached hydrogens (tertiary/aromatic N) is 2. The predicted octanol–water partition coefficient (Wildman–Crippen LogP) is 3.36. The SMILES string of the molecule is COCCCNC(=O)C(c1cccnc1)N(C(=O)C1CCCN1)c1ccc(C(C)(C)C)cc1. The van der Waals surface area contributed by atoms with E-state index in [1.807, 2.05) is 30.3 Å². The molecule has 2 unspecified atom stereocenters. The molecule has 2 heterocycles. The molecular formula is C26H36N4O3. The maximum atomic E-state index is 13.8. The maximum Gasteiger partial charge on any atom is 0.247 e. The van der Waals surface area contributed by atoms with Gasteiger partial charge in [-0.2, -0.15) is 0 Å². The zero-order valence-electron chi connectivity index (χ0n) is 20.1. The summed E-state index contributed by atoms with van der Waals surface area (Å²) in [6, 6.07) is 10.5. The molecule has 0 radical (unpaired) electrons. The minimum Gasteiger partial charge on any atom is -0.385 e. The Hall–Kier alpha value is -2.77. The van der Waals surface area contributed by atoms with Crippen molar-refractivity contribution < 1.29 is 14.3 Å². The van der Waals surface area contributed by atoms with E-state index in [9.17, 15) is 9.59 Å². The first-order valence-electron chi connectivity index (χ1n) is 11.7. The van der Waals surface area contributed by atoms with Gasteiger partial charge in [-0.05, 0) is 55.0 Å². The summed E-state index contributed by atoms with van der Waals surface area (Å²) in [6.07, 6.45) is 5.71. The third-order valence-electron chi connectivity index (χ3n) is 5.94. The molecule has 33 heavy (non-hydrogen) atoms. The number of carbonyl (C=O) groups excluding carboxylic acids is 2. The van der Waals surface area contributed by atoms with Crippen LogP contribution in [0.3, 0.4) is 0 Å². The average Bonchev–Trinajstić information content (AvgIpc) is 3.35. The molecule has 1 fully saturated rings. The summed E-state index contributed by atoms with van der Waals surface area (Å²) in [5.41, 5.74) is 2.53. The number of hydrogen-bond acceptors (Lipinski definition) is 5. The Balaban J connectivity index is 2.01. The zero-order chi connectivity index (χ0) is 23.8. The van der Waals surface area contributed by atoms with E-state index in [1.54, 1.807) is 30.5 Å². The molecule has 1 aliphatic rings. The summed E-state index contributed by atoms with van der Waals surface area (Å²) in [6.45, 7) is 8.28. The van der Waals surface area contributed by atoms with Crippen molar-refractivity contribution in [1.29, 1.82) is 0 Å². The average molecular weight is 453 g/mol. The molecule has 1 aromatic carbocycles. The number of rotatable bonds is 9. The van der Waals surface area contributed by atoms with Gasteiger partial charge in [0.25, 0.3) is 0 Å². The van der Waals surface area contributed by atoms with Gasteiger partial charge in [-0.25, -0.2) is 0 Å². The normalized spacial score (nSPS) is 16.9. The second-order valence-electron chi connectivity index (χ2n) is 9.48. The highest BCUT2D eigenvalue weighted by molar-refractivity contribution is 6.03. The number of methoxy groups -OCH3 is 1. The number of amides is 2. The lowest BCUT2D eigenvalue weighted by atomic mass is 9.87.